The Morgan fingerprint density at radius 2 is 1.88 bits per heavy atom. The van der Waals surface area contributed by atoms with E-state index in [1.165, 1.54) is 0 Å². The summed E-state index contributed by atoms with van der Waals surface area (Å²) in [6.07, 6.45) is 3.56. The van der Waals surface area contributed by atoms with E-state index in [0.717, 1.165) is 42.5 Å². The lowest BCUT2D eigenvalue weighted by Gasteiger charge is -2.29. The number of aromatic amines is 1. The number of fused-ring (bicyclic) bond motifs is 1. The molecule has 1 atom stereocenters. The number of carboxylic acid groups (broad SMARTS) is 1. The molecule has 1 aliphatic rings. The number of nitrogens with zero attached hydrogens (tertiary/aromatic N) is 1. The summed E-state index contributed by atoms with van der Waals surface area (Å²) in [4.78, 5) is 31.6. The van der Waals surface area contributed by atoms with Crippen LogP contribution in [0.25, 0.3) is 11.0 Å². The number of benzene rings is 1. The molecule has 1 amide bonds. The monoisotopic (exact) mass is 343 g/mol. The van der Waals surface area contributed by atoms with E-state index in [4.69, 9.17) is 0 Å². The Labute approximate surface area is 147 Å². The number of aromatic nitrogens is 2. The maximum absolute atomic E-state index is 12.3. The Morgan fingerprint density at radius 3 is 2.48 bits per heavy atom. The van der Waals surface area contributed by atoms with Gasteiger partial charge in [-0.3, -0.25) is 9.59 Å². The number of imidazole rings is 1. The fourth-order valence-corrected chi connectivity index (χ4v) is 3.67. The molecule has 1 unspecified atom stereocenters. The van der Waals surface area contributed by atoms with Gasteiger partial charge in [-0.25, -0.2) is 4.98 Å². The van der Waals surface area contributed by atoms with Crippen molar-refractivity contribution < 1.29 is 14.7 Å². The number of para-hydroxylation sites is 2. The predicted molar refractivity (Wildman–Crippen MR) is 95.2 cm³/mol. The number of hydrogen-bond acceptors (Lipinski definition) is 3. The van der Waals surface area contributed by atoms with Gasteiger partial charge in [-0.1, -0.05) is 26.0 Å². The Balaban J connectivity index is 1.58. The molecule has 3 N–H and O–H groups in total. The average Bonchev–Trinajstić information content (AvgIpc) is 2.98. The molecule has 0 saturated heterocycles. The van der Waals surface area contributed by atoms with Crippen molar-refractivity contribution in [3.05, 3.63) is 30.1 Å². The average molecular weight is 343 g/mol. The van der Waals surface area contributed by atoms with Gasteiger partial charge in [0.1, 0.15) is 11.7 Å². The van der Waals surface area contributed by atoms with Crippen molar-refractivity contribution in [1.29, 1.82) is 0 Å². The summed E-state index contributed by atoms with van der Waals surface area (Å²) in [5.74, 6) is -1.24. The van der Waals surface area contributed by atoms with E-state index < -0.39 is 11.9 Å². The molecule has 2 aromatic rings. The minimum atomic E-state index is -1.05. The highest BCUT2D eigenvalue weighted by atomic mass is 16.4. The number of carbonyl (C=O) groups is 2. The normalized spacial score (nSPS) is 22.0. The van der Waals surface area contributed by atoms with Crippen molar-refractivity contribution in [2.75, 3.05) is 0 Å². The van der Waals surface area contributed by atoms with Gasteiger partial charge < -0.3 is 15.4 Å². The highest BCUT2D eigenvalue weighted by Gasteiger charge is 2.32. The van der Waals surface area contributed by atoms with Crippen LogP contribution in [0, 0.1) is 11.8 Å². The lowest BCUT2D eigenvalue weighted by molar-refractivity contribution is -0.149. The Kier molecular flexibility index (Phi) is 5.06. The van der Waals surface area contributed by atoms with Crippen LogP contribution in [0.4, 0.5) is 0 Å². The highest BCUT2D eigenvalue weighted by Crippen LogP contribution is 2.32. The van der Waals surface area contributed by atoms with Gasteiger partial charge >= 0.3 is 5.97 Å². The van der Waals surface area contributed by atoms with Crippen LogP contribution < -0.4 is 5.32 Å². The number of carbonyl (C=O) groups excluding carboxylic acids is 1. The Morgan fingerprint density at radius 1 is 1.20 bits per heavy atom. The highest BCUT2D eigenvalue weighted by molar-refractivity contribution is 5.97. The molecule has 0 aliphatic heterocycles. The number of carboxylic acids is 1. The second-order valence-corrected chi connectivity index (χ2v) is 7.26. The zero-order chi connectivity index (χ0) is 18.0. The lowest BCUT2D eigenvalue weighted by Crippen LogP contribution is -2.44. The van der Waals surface area contributed by atoms with E-state index in [-0.39, 0.29) is 17.9 Å². The molecule has 6 heteroatoms. The van der Waals surface area contributed by atoms with Gasteiger partial charge in [0.2, 0.25) is 5.91 Å². The van der Waals surface area contributed by atoms with E-state index in [1.807, 2.05) is 24.3 Å². The van der Waals surface area contributed by atoms with Gasteiger partial charge in [0.05, 0.1) is 11.0 Å². The first-order valence-corrected chi connectivity index (χ1v) is 8.93. The van der Waals surface area contributed by atoms with Gasteiger partial charge in [-0.2, -0.15) is 0 Å². The van der Waals surface area contributed by atoms with Crippen LogP contribution in [-0.4, -0.2) is 33.0 Å². The van der Waals surface area contributed by atoms with Crippen molar-refractivity contribution in [3.63, 3.8) is 0 Å². The van der Waals surface area contributed by atoms with Gasteiger partial charge in [-0.05, 0) is 43.7 Å². The Bertz CT molecular complexity index is 727. The fraction of sp³-hybridized carbons (Fsp3) is 0.526. The second kappa shape index (κ2) is 7.25. The molecule has 1 heterocycles. The van der Waals surface area contributed by atoms with Crippen LogP contribution in [0.5, 0.6) is 0 Å². The SMILES string of the molecule is CC(C)C(C(=O)O)C(=O)NC1CCC(c2nc3ccccc3[nH]2)CC1. The van der Waals surface area contributed by atoms with Crippen LogP contribution in [-0.2, 0) is 9.59 Å². The number of rotatable bonds is 5. The first-order valence-electron chi connectivity index (χ1n) is 8.93. The summed E-state index contributed by atoms with van der Waals surface area (Å²) in [5.41, 5.74) is 2.03. The predicted octanol–water partition coefficient (Wildman–Crippen LogP) is 3.06. The molecule has 0 radical (unpaired) electrons. The topological polar surface area (TPSA) is 95.1 Å². The third-order valence-electron chi connectivity index (χ3n) is 5.08. The number of aliphatic carboxylic acids is 1. The van der Waals surface area contributed by atoms with E-state index in [2.05, 4.69) is 15.3 Å². The van der Waals surface area contributed by atoms with Crippen molar-refractivity contribution in [2.24, 2.45) is 11.8 Å². The van der Waals surface area contributed by atoms with Gasteiger partial charge in [0, 0.05) is 12.0 Å². The lowest BCUT2D eigenvalue weighted by atomic mass is 9.85. The fourth-order valence-electron chi connectivity index (χ4n) is 3.67. The number of amides is 1. The third-order valence-corrected chi connectivity index (χ3v) is 5.08. The van der Waals surface area contributed by atoms with Gasteiger partial charge in [-0.15, -0.1) is 0 Å². The number of nitrogens with one attached hydrogen (secondary N) is 2. The van der Waals surface area contributed by atoms with Crippen LogP contribution >= 0.6 is 0 Å². The molecule has 25 heavy (non-hydrogen) atoms. The summed E-state index contributed by atoms with van der Waals surface area (Å²) in [5, 5.41) is 12.2. The molecule has 1 aromatic carbocycles. The molecule has 0 spiro atoms. The summed E-state index contributed by atoms with van der Waals surface area (Å²) in [6, 6.07) is 8.04. The van der Waals surface area contributed by atoms with Gasteiger partial charge in [0.15, 0.2) is 0 Å². The van der Waals surface area contributed by atoms with E-state index >= 15 is 0 Å². The smallest absolute Gasteiger partial charge is 0.316 e. The minimum Gasteiger partial charge on any atom is -0.481 e. The van der Waals surface area contributed by atoms with E-state index in [9.17, 15) is 14.7 Å². The quantitative estimate of drug-likeness (QED) is 0.727. The third kappa shape index (κ3) is 3.83. The maximum Gasteiger partial charge on any atom is 0.316 e. The molecule has 0 bridgehead atoms. The molecule has 134 valence electrons. The van der Waals surface area contributed by atoms with Crippen molar-refractivity contribution in [2.45, 2.75) is 51.5 Å². The van der Waals surface area contributed by atoms with Crippen LogP contribution in [0.3, 0.4) is 0 Å². The molecular formula is C19H25N3O3. The molecule has 3 rings (SSSR count). The Hall–Kier alpha value is -2.37. The molecule has 1 aliphatic carbocycles. The zero-order valence-electron chi connectivity index (χ0n) is 14.7. The van der Waals surface area contributed by atoms with Gasteiger partial charge in [0.25, 0.3) is 0 Å². The second-order valence-electron chi connectivity index (χ2n) is 7.26. The maximum atomic E-state index is 12.3. The van der Waals surface area contributed by atoms with E-state index in [1.54, 1.807) is 13.8 Å². The largest absolute Gasteiger partial charge is 0.481 e. The molecule has 6 nitrogen and oxygen atoms in total. The van der Waals surface area contributed by atoms with Crippen LogP contribution in [0.15, 0.2) is 24.3 Å². The summed E-state index contributed by atoms with van der Waals surface area (Å²) < 4.78 is 0. The molecule has 1 fully saturated rings. The zero-order valence-corrected chi connectivity index (χ0v) is 14.7. The standard InChI is InChI=1S/C19H25N3O3/c1-11(2)16(19(24)25)18(23)20-13-9-7-12(8-10-13)17-21-14-5-3-4-6-15(14)22-17/h3-6,11-13,16H,7-10H2,1-2H3,(H,20,23)(H,21,22)(H,24,25). The minimum absolute atomic E-state index is 0.0497. The number of hydrogen-bond donors (Lipinski definition) is 3. The van der Waals surface area contributed by atoms with E-state index in [0.29, 0.717) is 5.92 Å². The summed E-state index contributed by atoms with van der Waals surface area (Å²) in [6.45, 7) is 3.52. The first kappa shape index (κ1) is 17.5. The molecular weight excluding hydrogens is 318 g/mol. The van der Waals surface area contributed by atoms with Crippen LogP contribution in [0.2, 0.25) is 0 Å². The molecule has 1 aromatic heterocycles. The first-order chi connectivity index (χ1) is 12.0. The van der Waals surface area contributed by atoms with Crippen molar-refractivity contribution >= 4 is 22.9 Å². The van der Waals surface area contributed by atoms with Crippen molar-refractivity contribution in [1.82, 2.24) is 15.3 Å². The number of H-pyrrole nitrogens is 1. The van der Waals surface area contributed by atoms with Crippen LogP contribution in [0.1, 0.15) is 51.3 Å². The van der Waals surface area contributed by atoms with Crippen molar-refractivity contribution in [3.8, 4) is 0 Å². The molecule has 1 saturated carbocycles. The summed E-state index contributed by atoms with van der Waals surface area (Å²) in [7, 11) is 0. The summed E-state index contributed by atoms with van der Waals surface area (Å²) >= 11 is 0.